The summed E-state index contributed by atoms with van der Waals surface area (Å²) in [5, 5.41) is 3.85. The van der Waals surface area contributed by atoms with Crippen molar-refractivity contribution in [2.45, 2.75) is 20.8 Å². The van der Waals surface area contributed by atoms with E-state index in [4.69, 9.17) is 21.3 Å². The van der Waals surface area contributed by atoms with Gasteiger partial charge in [0, 0.05) is 16.3 Å². The molecule has 0 radical (unpaired) electrons. The van der Waals surface area contributed by atoms with Crippen LogP contribution in [0.4, 0.5) is 5.82 Å². The zero-order chi connectivity index (χ0) is 18.0. The molecular formula is C19H20ClN3O2. The van der Waals surface area contributed by atoms with Gasteiger partial charge in [-0.15, -0.1) is 0 Å². The van der Waals surface area contributed by atoms with E-state index in [1.807, 2.05) is 48.6 Å². The molecule has 0 aliphatic heterocycles. The van der Waals surface area contributed by atoms with Gasteiger partial charge in [0.1, 0.15) is 23.7 Å². The van der Waals surface area contributed by atoms with Gasteiger partial charge in [-0.1, -0.05) is 23.7 Å². The number of anilines is 1. The number of halogens is 1. The van der Waals surface area contributed by atoms with Gasteiger partial charge in [0.25, 0.3) is 0 Å². The van der Waals surface area contributed by atoms with Crippen molar-refractivity contribution < 1.29 is 9.53 Å². The second-order valence-electron chi connectivity index (χ2n) is 5.84. The highest BCUT2D eigenvalue weighted by atomic mass is 35.5. The van der Waals surface area contributed by atoms with Crippen LogP contribution in [0.25, 0.3) is 16.9 Å². The molecule has 2 aromatic heterocycles. The molecule has 0 aliphatic rings. The average molecular weight is 358 g/mol. The molecular weight excluding hydrogens is 338 g/mol. The van der Waals surface area contributed by atoms with Crippen LogP contribution in [0.15, 0.2) is 36.4 Å². The summed E-state index contributed by atoms with van der Waals surface area (Å²) in [6.45, 7) is 6.28. The first-order valence-corrected chi connectivity index (χ1v) is 8.52. The first kappa shape index (κ1) is 17.3. The molecule has 0 bridgehead atoms. The minimum Gasteiger partial charge on any atom is -0.465 e. The second-order valence-corrected chi connectivity index (χ2v) is 6.28. The molecule has 0 spiro atoms. The Bertz CT molecular complexity index is 917. The first-order chi connectivity index (χ1) is 12.0. The molecule has 0 saturated heterocycles. The van der Waals surface area contributed by atoms with Crippen molar-refractivity contribution in [2.75, 3.05) is 18.5 Å². The summed E-state index contributed by atoms with van der Waals surface area (Å²) in [7, 11) is 0. The van der Waals surface area contributed by atoms with E-state index in [1.54, 1.807) is 6.92 Å². The van der Waals surface area contributed by atoms with Gasteiger partial charge in [-0.25, -0.2) is 4.98 Å². The van der Waals surface area contributed by atoms with E-state index in [2.05, 4.69) is 11.4 Å². The van der Waals surface area contributed by atoms with Gasteiger partial charge in [-0.3, -0.25) is 9.20 Å². The molecule has 0 saturated carbocycles. The second kappa shape index (κ2) is 7.15. The van der Waals surface area contributed by atoms with Crippen molar-refractivity contribution in [1.82, 2.24) is 9.38 Å². The van der Waals surface area contributed by atoms with Crippen LogP contribution >= 0.6 is 11.6 Å². The van der Waals surface area contributed by atoms with Gasteiger partial charge in [-0.05, 0) is 50.6 Å². The topological polar surface area (TPSA) is 55.6 Å². The molecule has 0 unspecified atom stereocenters. The number of ether oxygens (including phenoxy) is 1. The molecule has 0 amide bonds. The zero-order valence-electron chi connectivity index (χ0n) is 14.5. The molecule has 0 aliphatic carbocycles. The van der Waals surface area contributed by atoms with Crippen molar-refractivity contribution in [3.05, 3.63) is 52.7 Å². The fraction of sp³-hybridized carbons (Fsp3) is 0.263. The number of aryl methyl sites for hydroxylation is 2. The van der Waals surface area contributed by atoms with Gasteiger partial charge in [0.05, 0.1) is 6.61 Å². The van der Waals surface area contributed by atoms with E-state index in [9.17, 15) is 4.79 Å². The highest BCUT2D eigenvalue weighted by Crippen LogP contribution is 2.31. The third kappa shape index (κ3) is 3.61. The SMILES string of the molecule is CCOC(=O)CNc1c(-c2ccc(Cl)cc2)nc2cc(C)cc(C)n12. The van der Waals surface area contributed by atoms with E-state index in [0.717, 1.165) is 34.0 Å². The van der Waals surface area contributed by atoms with Crippen LogP contribution in [-0.4, -0.2) is 28.5 Å². The van der Waals surface area contributed by atoms with Gasteiger partial charge in [0.2, 0.25) is 0 Å². The highest BCUT2D eigenvalue weighted by Gasteiger charge is 2.17. The third-order valence-corrected chi connectivity index (χ3v) is 4.12. The number of nitrogens with zero attached hydrogens (tertiary/aromatic N) is 2. The maximum atomic E-state index is 11.8. The fourth-order valence-electron chi connectivity index (χ4n) is 2.87. The van der Waals surface area contributed by atoms with Crippen LogP contribution in [0, 0.1) is 13.8 Å². The summed E-state index contributed by atoms with van der Waals surface area (Å²) in [6, 6.07) is 11.6. The molecule has 130 valence electrons. The lowest BCUT2D eigenvalue weighted by molar-refractivity contribution is -0.140. The number of nitrogens with one attached hydrogen (secondary N) is 1. The van der Waals surface area contributed by atoms with Crippen LogP contribution in [0.2, 0.25) is 5.02 Å². The Labute approximate surface area is 151 Å². The van der Waals surface area contributed by atoms with Crippen LogP contribution in [0.5, 0.6) is 0 Å². The van der Waals surface area contributed by atoms with E-state index < -0.39 is 0 Å². The minimum atomic E-state index is -0.302. The standard InChI is InChI=1S/C19H20ClN3O2/c1-4-25-17(24)11-21-19-18(14-5-7-15(20)8-6-14)22-16-10-12(2)9-13(3)23(16)19/h5-10,21H,4,11H2,1-3H3. The zero-order valence-corrected chi connectivity index (χ0v) is 15.2. The molecule has 1 aromatic carbocycles. The van der Waals surface area contributed by atoms with Gasteiger partial charge in [0.15, 0.2) is 0 Å². The Hall–Kier alpha value is -2.53. The normalized spacial score (nSPS) is 10.9. The van der Waals surface area contributed by atoms with Gasteiger partial charge >= 0.3 is 5.97 Å². The predicted octanol–water partition coefficient (Wildman–Crippen LogP) is 4.25. The third-order valence-electron chi connectivity index (χ3n) is 3.87. The quantitative estimate of drug-likeness (QED) is 0.694. The Morgan fingerprint density at radius 2 is 1.96 bits per heavy atom. The molecule has 2 heterocycles. The number of benzene rings is 1. The molecule has 6 heteroatoms. The average Bonchev–Trinajstić information content (AvgIpc) is 2.92. The number of rotatable bonds is 5. The number of hydrogen-bond acceptors (Lipinski definition) is 4. The van der Waals surface area contributed by atoms with Crippen molar-refractivity contribution in [2.24, 2.45) is 0 Å². The molecule has 3 rings (SSSR count). The first-order valence-electron chi connectivity index (χ1n) is 8.14. The highest BCUT2D eigenvalue weighted by molar-refractivity contribution is 6.30. The fourth-order valence-corrected chi connectivity index (χ4v) is 3.00. The van der Waals surface area contributed by atoms with Crippen molar-refractivity contribution in [3.63, 3.8) is 0 Å². The Morgan fingerprint density at radius 1 is 1.24 bits per heavy atom. The summed E-state index contributed by atoms with van der Waals surface area (Å²) in [6.07, 6.45) is 0. The summed E-state index contributed by atoms with van der Waals surface area (Å²) in [5.74, 6) is 0.465. The largest absolute Gasteiger partial charge is 0.465 e. The lowest BCUT2D eigenvalue weighted by atomic mass is 10.1. The van der Waals surface area contributed by atoms with Crippen molar-refractivity contribution in [1.29, 1.82) is 0 Å². The van der Waals surface area contributed by atoms with Gasteiger partial charge in [-0.2, -0.15) is 0 Å². The van der Waals surface area contributed by atoms with Gasteiger partial charge < -0.3 is 10.1 Å². The molecule has 5 nitrogen and oxygen atoms in total. The molecule has 25 heavy (non-hydrogen) atoms. The minimum absolute atomic E-state index is 0.0789. The van der Waals surface area contributed by atoms with E-state index in [-0.39, 0.29) is 12.5 Å². The number of imidazole rings is 1. The van der Waals surface area contributed by atoms with E-state index >= 15 is 0 Å². The number of carbonyl (C=O) groups excluding carboxylic acids is 1. The van der Waals surface area contributed by atoms with E-state index in [1.165, 1.54) is 0 Å². The van der Waals surface area contributed by atoms with Crippen LogP contribution in [0.3, 0.4) is 0 Å². The Balaban J connectivity index is 2.11. The summed E-state index contributed by atoms with van der Waals surface area (Å²) in [5.41, 5.74) is 4.70. The molecule has 3 aromatic rings. The van der Waals surface area contributed by atoms with Crippen LogP contribution in [-0.2, 0) is 9.53 Å². The monoisotopic (exact) mass is 357 g/mol. The number of hydrogen-bond donors (Lipinski definition) is 1. The summed E-state index contributed by atoms with van der Waals surface area (Å²) >= 11 is 6.00. The summed E-state index contributed by atoms with van der Waals surface area (Å²) in [4.78, 5) is 16.5. The number of pyridine rings is 1. The maximum absolute atomic E-state index is 11.8. The molecule has 0 atom stereocenters. The van der Waals surface area contributed by atoms with Crippen molar-refractivity contribution >= 4 is 29.0 Å². The smallest absolute Gasteiger partial charge is 0.325 e. The van der Waals surface area contributed by atoms with Crippen LogP contribution in [0.1, 0.15) is 18.2 Å². The predicted molar refractivity (Wildman–Crippen MR) is 100 cm³/mol. The Kier molecular flexibility index (Phi) is 4.95. The maximum Gasteiger partial charge on any atom is 0.325 e. The number of esters is 1. The summed E-state index contributed by atoms with van der Waals surface area (Å²) < 4.78 is 7.02. The van der Waals surface area contributed by atoms with E-state index in [0.29, 0.717) is 11.6 Å². The molecule has 0 fully saturated rings. The lowest BCUT2D eigenvalue weighted by Crippen LogP contribution is -2.18. The number of carbonyl (C=O) groups is 1. The molecule has 1 N–H and O–H groups in total. The van der Waals surface area contributed by atoms with Crippen LogP contribution < -0.4 is 5.32 Å². The van der Waals surface area contributed by atoms with Crippen molar-refractivity contribution in [3.8, 4) is 11.3 Å². The number of aromatic nitrogens is 2. The lowest BCUT2D eigenvalue weighted by Gasteiger charge is -2.11. The number of fused-ring (bicyclic) bond motifs is 1. The Morgan fingerprint density at radius 3 is 2.64 bits per heavy atom.